The van der Waals surface area contributed by atoms with Gasteiger partial charge < -0.3 is 10.6 Å². The molecule has 0 spiro atoms. The van der Waals surface area contributed by atoms with Crippen LogP contribution in [-0.2, 0) is 4.79 Å². The highest BCUT2D eigenvalue weighted by Gasteiger charge is 2.42. The van der Waals surface area contributed by atoms with Gasteiger partial charge in [0.25, 0.3) is 0 Å². The van der Waals surface area contributed by atoms with Crippen molar-refractivity contribution in [1.29, 1.82) is 0 Å². The minimum Gasteiger partial charge on any atom is -0.327 e. The van der Waals surface area contributed by atoms with Crippen molar-refractivity contribution in [3.05, 3.63) is 29.8 Å². The summed E-state index contributed by atoms with van der Waals surface area (Å²) < 4.78 is 0. The second kappa shape index (κ2) is 7.05. The summed E-state index contributed by atoms with van der Waals surface area (Å²) in [4.78, 5) is 15.3. The van der Waals surface area contributed by atoms with E-state index in [1.54, 1.807) is 0 Å². The standard InChI is InChI=1S/C20H28N2O.ClH/c1-13-9-10-22(18-8-3-2-7-17(13)18)20(23)16-11-14-5-4-6-15(12-16)19(14)21;/h2-3,7-8,13-16,19H,4-6,9-12,21H2,1H3;1H. The molecule has 2 N–H and O–H groups in total. The average molecular weight is 349 g/mol. The Morgan fingerprint density at radius 2 is 1.79 bits per heavy atom. The van der Waals surface area contributed by atoms with Crippen molar-refractivity contribution in [3.8, 4) is 0 Å². The molecule has 2 aliphatic carbocycles. The Labute approximate surface area is 151 Å². The first-order chi connectivity index (χ1) is 11.1. The number of carbonyl (C=O) groups excluding carboxylic acids is 1. The third kappa shape index (κ3) is 2.97. The number of hydrogen-bond acceptors (Lipinski definition) is 2. The van der Waals surface area contributed by atoms with Gasteiger partial charge >= 0.3 is 0 Å². The Bertz CT molecular complexity index is 591. The summed E-state index contributed by atoms with van der Waals surface area (Å²) in [7, 11) is 0. The van der Waals surface area contributed by atoms with Crippen LogP contribution in [0.3, 0.4) is 0 Å². The zero-order valence-corrected chi connectivity index (χ0v) is 15.3. The molecule has 4 heteroatoms. The number of fused-ring (bicyclic) bond motifs is 3. The van der Waals surface area contributed by atoms with Crippen LogP contribution in [0.2, 0.25) is 0 Å². The monoisotopic (exact) mass is 348 g/mol. The van der Waals surface area contributed by atoms with Crippen molar-refractivity contribution < 1.29 is 4.79 Å². The second-order valence-electron chi connectivity index (χ2n) is 7.94. The molecular formula is C20H29ClN2O. The highest BCUT2D eigenvalue weighted by Crippen LogP contribution is 2.44. The van der Waals surface area contributed by atoms with Gasteiger partial charge in [-0.05, 0) is 61.5 Å². The Morgan fingerprint density at radius 3 is 2.50 bits per heavy atom. The first kappa shape index (κ1) is 17.8. The molecule has 1 aromatic rings. The van der Waals surface area contributed by atoms with E-state index in [0.29, 0.717) is 29.7 Å². The molecule has 3 aliphatic rings. The van der Waals surface area contributed by atoms with E-state index < -0.39 is 0 Å². The molecule has 0 radical (unpaired) electrons. The predicted molar refractivity (Wildman–Crippen MR) is 101 cm³/mol. The van der Waals surface area contributed by atoms with Crippen LogP contribution < -0.4 is 10.6 Å². The number of rotatable bonds is 1. The third-order valence-electron chi connectivity index (χ3n) is 6.57. The fourth-order valence-electron chi connectivity index (χ4n) is 5.19. The molecule has 1 amide bonds. The fraction of sp³-hybridized carbons (Fsp3) is 0.650. The third-order valence-corrected chi connectivity index (χ3v) is 6.57. The quantitative estimate of drug-likeness (QED) is 0.830. The number of benzene rings is 1. The molecule has 1 aliphatic heterocycles. The van der Waals surface area contributed by atoms with Crippen molar-refractivity contribution in [1.82, 2.24) is 0 Å². The van der Waals surface area contributed by atoms with E-state index >= 15 is 0 Å². The molecule has 2 fully saturated rings. The lowest BCUT2D eigenvalue weighted by Crippen LogP contribution is -2.50. The largest absolute Gasteiger partial charge is 0.327 e. The Kier molecular flexibility index (Phi) is 5.22. The molecule has 3 unspecified atom stereocenters. The van der Waals surface area contributed by atoms with Gasteiger partial charge in [-0.2, -0.15) is 0 Å². The SMILES string of the molecule is CC1CCN(C(=O)C2CC3CCCC(C2)C3N)c2ccccc21.Cl. The van der Waals surface area contributed by atoms with Gasteiger partial charge in [0.15, 0.2) is 0 Å². The molecule has 2 saturated carbocycles. The second-order valence-corrected chi connectivity index (χ2v) is 7.94. The molecular weight excluding hydrogens is 320 g/mol. The van der Waals surface area contributed by atoms with Gasteiger partial charge in [-0.25, -0.2) is 0 Å². The van der Waals surface area contributed by atoms with Gasteiger partial charge in [0.1, 0.15) is 0 Å². The lowest BCUT2D eigenvalue weighted by atomic mass is 9.65. The Balaban J connectivity index is 0.00000169. The number of para-hydroxylation sites is 1. The van der Waals surface area contributed by atoms with Crippen molar-refractivity contribution in [2.75, 3.05) is 11.4 Å². The number of halogens is 1. The maximum Gasteiger partial charge on any atom is 0.230 e. The van der Waals surface area contributed by atoms with Crippen molar-refractivity contribution in [2.24, 2.45) is 23.5 Å². The predicted octanol–water partition coefficient (Wildman–Crippen LogP) is 4.10. The number of nitrogens with two attached hydrogens (primary N) is 1. The van der Waals surface area contributed by atoms with E-state index in [0.717, 1.165) is 31.5 Å². The van der Waals surface area contributed by atoms with E-state index in [1.165, 1.54) is 24.8 Å². The van der Waals surface area contributed by atoms with Gasteiger partial charge in [-0.15, -0.1) is 12.4 Å². The molecule has 0 saturated heterocycles. The summed E-state index contributed by atoms with van der Waals surface area (Å²) in [5, 5.41) is 0. The molecule has 4 rings (SSSR count). The molecule has 3 nitrogen and oxygen atoms in total. The van der Waals surface area contributed by atoms with Crippen LogP contribution in [0.15, 0.2) is 24.3 Å². The molecule has 1 aromatic carbocycles. The maximum atomic E-state index is 13.2. The molecule has 1 heterocycles. The van der Waals surface area contributed by atoms with Crippen LogP contribution in [0, 0.1) is 17.8 Å². The van der Waals surface area contributed by atoms with E-state index in [2.05, 4.69) is 36.1 Å². The first-order valence-electron chi connectivity index (χ1n) is 9.31. The number of carbonyl (C=O) groups is 1. The van der Waals surface area contributed by atoms with Gasteiger partial charge in [0.05, 0.1) is 0 Å². The minimum absolute atomic E-state index is 0. The minimum atomic E-state index is 0. The van der Waals surface area contributed by atoms with E-state index in [1.807, 2.05) is 0 Å². The maximum absolute atomic E-state index is 13.2. The summed E-state index contributed by atoms with van der Waals surface area (Å²) >= 11 is 0. The van der Waals surface area contributed by atoms with Gasteiger partial charge in [0.2, 0.25) is 5.91 Å². The van der Waals surface area contributed by atoms with E-state index in [-0.39, 0.29) is 18.3 Å². The van der Waals surface area contributed by atoms with E-state index in [9.17, 15) is 4.79 Å². The fourth-order valence-corrected chi connectivity index (χ4v) is 5.19. The summed E-state index contributed by atoms with van der Waals surface area (Å²) in [6.07, 6.45) is 6.81. The number of nitrogens with zero attached hydrogens (tertiary/aromatic N) is 1. The van der Waals surface area contributed by atoms with Crippen LogP contribution in [0.1, 0.15) is 56.9 Å². The lowest BCUT2D eigenvalue weighted by Gasteiger charge is -2.45. The van der Waals surface area contributed by atoms with Crippen LogP contribution in [0.4, 0.5) is 5.69 Å². The van der Waals surface area contributed by atoms with Gasteiger partial charge in [-0.3, -0.25) is 4.79 Å². The highest BCUT2D eigenvalue weighted by molar-refractivity contribution is 5.96. The number of hydrogen-bond donors (Lipinski definition) is 1. The lowest BCUT2D eigenvalue weighted by molar-refractivity contribution is -0.125. The van der Waals surface area contributed by atoms with Crippen LogP contribution in [0.5, 0.6) is 0 Å². The molecule has 132 valence electrons. The number of anilines is 1. The van der Waals surface area contributed by atoms with Crippen molar-refractivity contribution in [2.45, 2.75) is 57.4 Å². The van der Waals surface area contributed by atoms with Gasteiger partial charge in [0, 0.05) is 24.2 Å². The Hall–Kier alpha value is -1.06. The molecule has 24 heavy (non-hydrogen) atoms. The highest BCUT2D eigenvalue weighted by atomic mass is 35.5. The zero-order chi connectivity index (χ0) is 16.0. The van der Waals surface area contributed by atoms with E-state index in [4.69, 9.17) is 5.73 Å². The van der Waals surface area contributed by atoms with Crippen LogP contribution >= 0.6 is 12.4 Å². The average Bonchev–Trinajstić information content (AvgIpc) is 2.55. The summed E-state index contributed by atoms with van der Waals surface area (Å²) in [5.74, 6) is 2.22. The summed E-state index contributed by atoms with van der Waals surface area (Å²) in [5.41, 5.74) is 8.88. The van der Waals surface area contributed by atoms with Crippen LogP contribution in [-0.4, -0.2) is 18.5 Å². The van der Waals surface area contributed by atoms with Crippen molar-refractivity contribution >= 4 is 24.0 Å². The molecule has 2 bridgehead atoms. The normalized spacial score (nSPS) is 34.9. The van der Waals surface area contributed by atoms with Crippen LogP contribution in [0.25, 0.3) is 0 Å². The van der Waals surface area contributed by atoms with Crippen molar-refractivity contribution in [3.63, 3.8) is 0 Å². The zero-order valence-electron chi connectivity index (χ0n) is 14.5. The van der Waals surface area contributed by atoms with Gasteiger partial charge in [-0.1, -0.05) is 31.5 Å². The molecule has 3 atom stereocenters. The molecule has 0 aromatic heterocycles. The summed E-state index contributed by atoms with van der Waals surface area (Å²) in [6, 6.07) is 8.79. The summed E-state index contributed by atoms with van der Waals surface area (Å²) in [6.45, 7) is 3.14. The smallest absolute Gasteiger partial charge is 0.230 e. The Morgan fingerprint density at radius 1 is 1.12 bits per heavy atom. The first-order valence-corrected chi connectivity index (χ1v) is 9.31. The number of amides is 1. The topological polar surface area (TPSA) is 46.3 Å².